The van der Waals surface area contributed by atoms with Gasteiger partial charge >= 0.3 is 0 Å². The third-order valence-electron chi connectivity index (χ3n) is 2.72. The zero-order valence-corrected chi connectivity index (χ0v) is 9.75. The van der Waals surface area contributed by atoms with E-state index in [-0.39, 0.29) is 0 Å². The van der Waals surface area contributed by atoms with Crippen molar-refractivity contribution in [2.75, 3.05) is 0 Å². The first kappa shape index (κ1) is 10.7. The van der Waals surface area contributed by atoms with Crippen LogP contribution in [-0.4, -0.2) is 9.97 Å². The maximum Gasteiger partial charge on any atom is 0.0715 e. The molecule has 0 aliphatic rings. The Morgan fingerprint density at radius 2 is 1.44 bits per heavy atom. The van der Waals surface area contributed by atoms with Crippen molar-refractivity contribution in [2.45, 2.75) is 0 Å². The van der Waals surface area contributed by atoms with Crippen molar-refractivity contribution in [1.29, 1.82) is 0 Å². The molecule has 2 heterocycles. The Morgan fingerprint density at radius 1 is 0.722 bits per heavy atom. The van der Waals surface area contributed by atoms with Crippen LogP contribution < -0.4 is 0 Å². The van der Waals surface area contributed by atoms with Crippen molar-refractivity contribution in [3.8, 4) is 22.5 Å². The standard InChI is InChI=1S/C16H11N2/c1-2-8-14(16-10-4-6-12-18-16)13(7-1)15-9-3-5-11-17-15/h1-7,9-12H. The molecule has 0 saturated carbocycles. The maximum atomic E-state index is 4.39. The minimum Gasteiger partial charge on any atom is -0.256 e. The summed E-state index contributed by atoms with van der Waals surface area (Å²) in [6.45, 7) is 0. The molecule has 0 saturated heterocycles. The number of hydrogen-bond acceptors (Lipinski definition) is 2. The SMILES string of the molecule is [c]1cccc(-c2ccccn2)c1-c1ccccn1. The molecule has 3 aromatic rings. The van der Waals surface area contributed by atoms with Gasteiger partial charge in [-0.1, -0.05) is 30.3 Å². The van der Waals surface area contributed by atoms with E-state index in [4.69, 9.17) is 0 Å². The first-order chi connectivity index (χ1) is 8.95. The van der Waals surface area contributed by atoms with Gasteiger partial charge in [0.05, 0.1) is 11.4 Å². The van der Waals surface area contributed by atoms with Gasteiger partial charge < -0.3 is 0 Å². The van der Waals surface area contributed by atoms with E-state index in [0.29, 0.717) is 0 Å². The lowest BCUT2D eigenvalue weighted by Gasteiger charge is -2.07. The Labute approximate surface area is 106 Å². The van der Waals surface area contributed by atoms with Crippen LogP contribution in [0.3, 0.4) is 0 Å². The van der Waals surface area contributed by atoms with Gasteiger partial charge in [0.1, 0.15) is 0 Å². The molecule has 0 N–H and O–H groups in total. The molecule has 0 bridgehead atoms. The molecular weight excluding hydrogens is 220 g/mol. The van der Waals surface area contributed by atoms with Crippen LogP contribution in [0, 0.1) is 6.07 Å². The first-order valence-electron chi connectivity index (χ1n) is 5.78. The van der Waals surface area contributed by atoms with Crippen LogP contribution in [0.5, 0.6) is 0 Å². The summed E-state index contributed by atoms with van der Waals surface area (Å²) >= 11 is 0. The summed E-state index contributed by atoms with van der Waals surface area (Å²) in [6.07, 6.45) is 3.59. The summed E-state index contributed by atoms with van der Waals surface area (Å²) in [5.74, 6) is 0. The lowest BCUT2D eigenvalue weighted by molar-refractivity contribution is 1.30. The quantitative estimate of drug-likeness (QED) is 0.673. The molecule has 18 heavy (non-hydrogen) atoms. The molecule has 2 aromatic heterocycles. The van der Waals surface area contributed by atoms with E-state index in [1.54, 1.807) is 12.4 Å². The first-order valence-corrected chi connectivity index (χ1v) is 5.78. The molecular formula is C16H11N2. The van der Waals surface area contributed by atoms with Crippen molar-refractivity contribution in [1.82, 2.24) is 9.97 Å². The van der Waals surface area contributed by atoms with Crippen LogP contribution in [0.4, 0.5) is 0 Å². The Balaban J connectivity index is 2.18. The predicted octanol–water partition coefficient (Wildman–Crippen LogP) is 3.61. The number of pyridine rings is 2. The second-order valence-corrected chi connectivity index (χ2v) is 3.89. The van der Waals surface area contributed by atoms with Gasteiger partial charge in [-0.25, -0.2) is 0 Å². The number of rotatable bonds is 2. The Kier molecular flexibility index (Phi) is 2.84. The van der Waals surface area contributed by atoms with E-state index < -0.39 is 0 Å². The zero-order chi connectivity index (χ0) is 12.2. The zero-order valence-electron chi connectivity index (χ0n) is 9.75. The fraction of sp³-hybridized carbons (Fsp3) is 0. The Morgan fingerprint density at radius 3 is 2.11 bits per heavy atom. The lowest BCUT2D eigenvalue weighted by Crippen LogP contribution is -1.89. The van der Waals surface area contributed by atoms with Crippen molar-refractivity contribution in [2.24, 2.45) is 0 Å². The maximum absolute atomic E-state index is 4.39. The monoisotopic (exact) mass is 231 g/mol. The van der Waals surface area contributed by atoms with E-state index >= 15 is 0 Å². The van der Waals surface area contributed by atoms with Gasteiger partial charge in [0.2, 0.25) is 0 Å². The number of nitrogens with zero attached hydrogens (tertiary/aromatic N) is 2. The summed E-state index contributed by atoms with van der Waals surface area (Å²) in [6, 6.07) is 20.9. The Hall–Kier alpha value is -2.48. The van der Waals surface area contributed by atoms with Crippen molar-refractivity contribution in [3.63, 3.8) is 0 Å². The fourth-order valence-corrected chi connectivity index (χ4v) is 1.89. The van der Waals surface area contributed by atoms with Crippen molar-refractivity contribution < 1.29 is 0 Å². The van der Waals surface area contributed by atoms with E-state index in [0.717, 1.165) is 22.5 Å². The van der Waals surface area contributed by atoms with Gasteiger partial charge in [0, 0.05) is 23.5 Å². The average molecular weight is 231 g/mol. The van der Waals surface area contributed by atoms with Crippen molar-refractivity contribution >= 4 is 0 Å². The average Bonchev–Trinajstić information content (AvgIpc) is 2.49. The summed E-state index contributed by atoms with van der Waals surface area (Å²) in [7, 11) is 0. The second-order valence-electron chi connectivity index (χ2n) is 3.89. The molecule has 0 unspecified atom stereocenters. The summed E-state index contributed by atoms with van der Waals surface area (Å²) < 4.78 is 0. The molecule has 0 atom stereocenters. The van der Waals surface area contributed by atoms with Crippen LogP contribution in [0.2, 0.25) is 0 Å². The molecule has 0 aliphatic heterocycles. The molecule has 2 nitrogen and oxygen atoms in total. The topological polar surface area (TPSA) is 25.8 Å². The predicted molar refractivity (Wildman–Crippen MR) is 71.7 cm³/mol. The molecule has 2 heteroatoms. The molecule has 1 radical (unpaired) electrons. The molecule has 0 aliphatic carbocycles. The van der Waals surface area contributed by atoms with Gasteiger partial charge in [0.25, 0.3) is 0 Å². The fourth-order valence-electron chi connectivity index (χ4n) is 1.89. The van der Waals surface area contributed by atoms with E-state index in [9.17, 15) is 0 Å². The smallest absolute Gasteiger partial charge is 0.0715 e. The lowest BCUT2D eigenvalue weighted by atomic mass is 10.0. The van der Waals surface area contributed by atoms with Gasteiger partial charge in [-0.3, -0.25) is 9.97 Å². The van der Waals surface area contributed by atoms with Crippen LogP contribution in [0.1, 0.15) is 0 Å². The van der Waals surface area contributed by atoms with E-state index in [1.807, 2.05) is 54.6 Å². The highest BCUT2D eigenvalue weighted by atomic mass is 14.7. The highest BCUT2D eigenvalue weighted by Crippen LogP contribution is 2.28. The summed E-state index contributed by atoms with van der Waals surface area (Å²) in [5, 5.41) is 0. The number of hydrogen-bond donors (Lipinski definition) is 0. The molecule has 1 aromatic carbocycles. The van der Waals surface area contributed by atoms with Gasteiger partial charge in [0.15, 0.2) is 0 Å². The van der Waals surface area contributed by atoms with Gasteiger partial charge in [-0.05, 0) is 30.3 Å². The second kappa shape index (κ2) is 4.80. The van der Waals surface area contributed by atoms with E-state index in [2.05, 4.69) is 16.0 Å². The number of benzene rings is 1. The summed E-state index contributed by atoms with van der Waals surface area (Å²) in [5.41, 5.74) is 3.89. The minimum atomic E-state index is 0.916. The van der Waals surface area contributed by atoms with Crippen molar-refractivity contribution in [3.05, 3.63) is 73.1 Å². The third-order valence-corrected chi connectivity index (χ3v) is 2.72. The highest BCUT2D eigenvalue weighted by molar-refractivity contribution is 5.79. The Bertz CT molecular complexity index is 575. The minimum absolute atomic E-state index is 0.916. The molecule has 0 spiro atoms. The largest absolute Gasteiger partial charge is 0.256 e. The molecule has 85 valence electrons. The summed E-state index contributed by atoms with van der Waals surface area (Å²) in [4.78, 5) is 8.76. The number of aromatic nitrogens is 2. The van der Waals surface area contributed by atoms with Gasteiger partial charge in [-0.2, -0.15) is 0 Å². The molecule has 0 amide bonds. The molecule has 0 fully saturated rings. The van der Waals surface area contributed by atoms with Crippen LogP contribution in [0.25, 0.3) is 22.5 Å². The van der Waals surface area contributed by atoms with Gasteiger partial charge in [-0.15, -0.1) is 0 Å². The third kappa shape index (κ3) is 2.00. The molecule has 3 rings (SSSR count). The van der Waals surface area contributed by atoms with E-state index in [1.165, 1.54) is 0 Å². The highest BCUT2D eigenvalue weighted by Gasteiger charge is 2.07. The van der Waals surface area contributed by atoms with Crippen LogP contribution in [-0.2, 0) is 0 Å². The van der Waals surface area contributed by atoms with Crippen LogP contribution in [0.15, 0.2) is 67.0 Å². The van der Waals surface area contributed by atoms with Crippen LogP contribution >= 0.6 is 0 Å². The normalized spacial score (nSPS) is 10.2.